The molecule has 0 saturated carbocycles. The topological polar surface area (TPSA) is 55.4 Å². The van der Waals surface area contributed by atoms with Crippen LogP contribution in [0.3, 0.4) is 0 Å². The van der Waals surface area contributed by atoms with Crippen molar-refractivity contribution < 1.29 is 13.2 Å². The number of benzene rings is 1. The van der Waals surface area contributed by atoms with Gasteiger partial charge in [-0.05, 0) is 31.9 Å². The van der Waals surface area contributed by atoms with Crippen LogP contribution in [-0.2, 0) is 16.4 Å². The zero-order chi connectivity index (χ0) is 13.9. The Bertz CT molecular complexity index is 540. The van der Waals surface area contributed by atoms with E-state index in [2.05, 4.69) is 11.4 Å². The van der Waals surface area contributed by atoms with Crippen LogP contribution in [0.15, 0.2) is 18.2 Å². The van der Waals surface area contributed by atoms with Gasteiger partial charge in [0.05, 0.1) is 18.6 Å². The van der Waals surface area contributed by atoms with E-state index in [0.717, 1.165) is 24.3 Å². The smallest absolute Gasteiger partial charge is 0.150 e. The molecule has 1 heterocycles. The van der Waals surface area contributed by atoms with Crippen LogP contribution in [0.25, 0.3) is 0 Å². The highest BCUT2D eigenvalue weighted by atomic mass is 32.2. The zero-order valence-corrected chi connectivity index (χ0v) is 12.3. The van der Waals surface area contributed by atoms with Gasteiger partial charge in [0, 0.05) is 12.1 Å². The summed E-state index contributed by atoms with van der Waals surface area (Å²) in [6.45, 7) is 3.50. The van der Waals surface area contributed by atoms with Crippen LogP contribution < -0.4 is 10.1 Å². The predicted octanol–water partition coefficient (Wildman–Crippen LogP) is 1.53. The highest BCUT2D eigenvalue weighted by molar-refractivity contribution is 7.91. The Morgan fingerprint density at radius 2 is 2.21 bits per heavy atom. The van der Waals surface area contributed by atoms with Crippen LogP contribution >= 0.6 is 0 Å². The third kappa shape index (κ3) is 3.94. The highest BCUT2D eigenvalue weighted by Gasteiger charge is 2.27. The maximum Gasteiger partial charge on any atom is 0.150 e. The van der Waals surface area contributed by atoms with Gasteiger partial charge < -0.3 is 10.1 Å². The van der Waals surface area contributed by atoms with Gasteiger partial charge >= 0.3 is 0 Å². The molecule has 1 aliphatic heterocycles. The first-order valence-corrected chi connectivity index (χ1v) is 8.37. The molecule has 0 spiro atoms. The van der Waals surface area contributed by atoms with Gasteiger partial charge in [0.25, 0.3) is 0 Å². The lowest BCUT2D eigenvalue weighted by Gasteiger charge is -2.12. The van der Waals surface area contributed by atoms with Crippen molar-refractivity contribution in [2.45, 2.75) is 19.9 Å². The van der Waals surface area contributed by atoms with Crippen molar-refractivity contribution in [1.29, 1.82) is 0 Å². The van der Waals surface area contributed by atoms with Gasteiger partial charge in [0.2, 0.25) is 0 Å². The van der Waals surface area contributed by atoms with Gasteiger partial charge in [0.1, 0.15) is 5.75 Å². The monoisotopic (exact) mass is 283 g/mol. The number of sulfone groups is 1. The average molecular weight is 283 g/mol. The third-order valence-electron chi connectivity index (χ3n) is 3.51. The molecule has 0 bridgehead atoms. The van der Waals surface area contributed by atoms with E-state index < -0.39 is 9.84 Å². The van der Waals surface area contributed by atoms with Crippen LogP contribution in [0.4, 0.5) is 0 Å². The first kappa shape index (κ1) is 14.3. The molecule has 106 valence electrons. The van der Waals surface area contributed by atoms with Crippen molar-refractivity contribution in [3.63, 3.8) is 0 Å². The first-order valence-electron chi connectivity index (χ1n) is 6.55. The molecule has 1 fully saturated rings. The van der Waals surface area contributed by atoms with E-state index in [1.54, 1.807) is 7.11 Å². The molecule has 0 aliphatic carbocycles. The number of hydrogen-bond donors (Lipinski definition) is 1. The Hall–Kier alpha value is -1.07. The van der Waals surface area contributed by atoms with Crippen LogP contribution in [0, 0.1) is 12.8 Å². The Morgan fingerprint density at radius 1 is 1.42 bits per heavy atom. The molecule has 1 aliphatic rings. The van der Waals surface area contributed by atoms with Crippen LogP contribution in [0.2, 0.25) is 0 Å². The predicted molar refractivity (Wildman–Crippen MR) is 76.2 cm³/mol. The summed E-state index contributed by atoms with van der Waals surface area (Å²) in [5.41, 5.74) is 2.31. The number of nitrogens with one attached hydrogen (secondary N) is 1. The fourth-order valence-electron chi connectivity index (χ4n) is 2.49. The highest BCUT2D eigenvalue weighted by Crippen LogP contribution is 2.20. The Labute approximate surface area is 115 Å². The molecule has 1 atom stereocenters. The van der Waals surface area contributed by atoms with Crippen molar-refractivity contribution in [3.8, 4) is 5.75 Å². The van der Waals surface area contributed by atoms with E-state index in [1.807, 2.05) is 19.1 Å². The second-order valence-corrected chi connectivity index (χ2v) is 7.44. The number of methoxy groups -OCH3 is 1. The molecule has 5 heteroatoms. The average Bonchev–Trinajstić information content (AvgIpc) is 2.69. The van der Waals surface area contributed by atoms with Gasteiger partial charge in [-0.15, -0.1) is 0 Å². The van der Waals surface area contributed by atoms with Crippen molar-refractivity contribution >= 4 is 9.84 Å². The fourth-order valence-corrected chi connectivity index (χ4v) is 4.35. The Morgan fingerprint density at radius 3 is 2.84 bits per heavy atom. The summed E-state index contributed by atoms with van der Waals surface area (Å²) in [7, 11) is -1.11. The van der Waals surface area contributed by atoms with Gasteiger partial charge in [-0.2, -0.15) is 0 Å². The second kappa shape index (κ2) is 5.92. The summed E-state index contributed by atoms with van der Waals surface area (Å²) in [4.78, 5) is 0. The van der Waals surface area contributed by atoms with E-state index >= 15 is 0 Å². The van der Waals surface area contributed by atoms with E-state index in [0.29, 0.717) is 18.1 Å². The number of hydrogen-bond acceptors (Lipinski definition) is 4. The van der Waals surface area contributed by atoms with E-state index in [1.165, 1.54) is 5.56 Å². The molecule has 4 nitrogen and oxygen atoms in total. The molecular formula is C14H21NO3S. The van der Waals surface area contributed by atoms with Crippen LogP contribution in [-0.4, -0.2) is 33.6 Å². The number of rotatable bonds is 5. The molecule has 2 rings (SSSR count). The van der Waals surface area contributed by atoms with Crippen molar-refractivity contribution in [1.82, 2.24) is 5.32 Å². The maximum atomic E-state index is 11.4. The summed E-state index contributed by atoms with van der Waals surface area (Å²) in [5, 5.41) is 3.34. The largest absolute Gasteiger partial charge is 0.496 e. The van der Waals surface area contributed by atoms with Crippen LogP contribution in [0.5, 0.6) is 5.75 Å². The molecule has 1 N–H and O–H groups in total. The van der Waals surface area contributed by atoms with Gasteiger partial charge in [-0.25, -0.2) is 8.42 Å². The maximum absolute atomic E-state index is 11.4. The Balaban J connectivity index is 1.88. The molecule has 1 unspecified atom stereocenters. The lowest BCUT2D eigenvalue weighted by molar-refractivity contribution is 0.406. The minimum atomic E-state index is -2.77. The normalized spacial score (nSPS) is 21.5. The number of aryl methyl sites for hydroxylation is 1. The minimum absolute atomic E-state index is 0.251. The zero-order valence-electron chi connectivity index (χ0n) is 11.5. The van der Waals surface area contributed by atoms with Crippen molar-refractivity contribution in [2.75, 3.05) is 25.2 Å². The van der Waals surface area contributed by atoms with Gasteiger partial charge in [-0.3, -0.25) is 0 Å². The summed E-state index contributed by atoms with van der Waals surface area (Å²) in [6.07, 6.45) is 0.778. The van der Waals surface area contributed by atoms with Crippen LogP contribution in [0.1, 0.15) is 17.5 Å². The van der Waals surface area contributed by atoms with Gasteiger partial charge in [-0.1, -0.05) is 17.7 Å². The quantitative estimate of drug-likeness (QED) is 0.890. The molecule has 1 aromatic carbocycles. The Kier molecular flexibility index (Phi) is 4.47. The molecule has 0 radical (unpaired) electrons. The fraction of sp³-hybridized carbons (Fsp3) is 0.571. The summed E-state index contributed by atoms with van der Waals surface area (Å²) in [5.74, 6) is 1.79. The lowest BCUT2D eigenvalue weighted by Crippen LogP contribution is -2.23. The van der Waals surface area contributed by atoms with E-state index in [4.69, 9.17) is 4.74 Å². The molecule has 0 aromatic heterocycles. The molecule has 1 aromatic rings. The van der Waals surface area contributed by atoms with E-state index in [9.17, 15) is 8.42 Å². The standard InChI is InChI=1S/C14H21NO3S/c1-11-3-4-14(18-2)13(7-11)9-15-8-12-5-6-19(16,17)10-12/h3-4,7,12,15H,5-6,8-10H2,1-2H3. The third-order valence-corrected chi connectivity index (χ3v) is 5.35. The molecule has 0 amide bonds. The summed E-state index contributed by atoms with van der Waals surface area (Å²) >= 11 is 0. The summed E-state index contributed by atoms with van der Waals surface area (Å²) in [6, 6.07) is 6.08. The van der Waals surface area contributed by atoms with Gasteiger partial charge in [0.15, 0.2) is 9.84 Å². The molecule has 1 saturated heterocycles. The van der Waals surface area contributed by atoms with E-state index in [-0.39, 0.29) is 5.92 Å². The lowest BCUT2D eigenvalue weighted by atomic mass is 10.1. The van der Waals surface area contributed by atoms with Crippen molar-refractivity contribution in [3.05, 3.63) is 29.3 Å². The SMILES string of the molecule is COc1ccc(C)cc1CNCC1CCS(=O)(=O)C1. The first-order chi connectivity index (χ1) is 9.00. The number of ether oxygens (including phenoxy) is 1. The minimum Gasteiger partial charge on any atom is -0.496 e. The summed E-state index contributed by atoms with van der Waals surface area (Å²) < 4.78 is 28.1. The second-order valence-electron chi connectivity index (χ2n) is 5.22. The van der Waals surface area contributed by atoms with Crippen molar-refractivity contribution in [2.24, 2.45) is 5.92 Å². The molecule has 19 heavy (non-hydrogen) atoms. The molecular weight excluding hydrogens is 262 g/mol.